The zero-order valence-corrected chi connectivity index (χ0v) is 14.4. The van der Waals surface area contributed by atoms with Gasteiger partial charge in [-0.2, -0.15) is 10.2 Å². The Kier molecular flexibility index (Phi) is 4.95. The molecule has 126 valence electrons. The first-order valence-corrected chi connectivity index (χ1v) is 8.87. The summed E-state index contributed by atoms with van der Waals surface area (Å²) in [5, 5.41) is 8.14. The summed E-state index contributed by atoms with van der Waals surface area (Å²) in [6, 6.07) is 3.99. The molecule has 0 aliphatic carbocycles. The van der Waals surface area contributed by atoms with Crippen LogP contribution in [0.15, 0.2) is 18.3 Å². The Hall–Kier alpha value is -1.49. The van der Waals surface area contributed by atoms with Crippen LogP contribution in [0.4, 0.5) is 0 Å². The average Bonchev–Trinajstić information content (AvgIpc) is 2.59. The summed E-state index contributed by atoms with van der Waals surface area (Å²) in [5.41, 5.74) is 0.770. The van der Waals surface area contributed by atoms with Crippen molar-refractivity contribution in [3.63, 3.8) is 0 Å². The van der Waals surface area contributed by atoms with Gasteiger partial charge in [0.25, 0.3) is 0 Å². The molecule has 1 aromatic heterocycles. The van der Waals surface area contributed by atoms with Crippen LogP contribution in [0.3, 0.4) is 0 Å². The molecule has 5 nitrogen and oxygen atoms in total. The summed E-state index contributed by atoms with van der Waals surface area (Å²) < 4.78 is 0. The molecular weight excluding hydrogens is 288 g/mol. The third kappa shape index (κ3) is 3.55. The number of carbonyl (C=O) groups is 1. The number of likely N-dealkylation sites (N-methyl/N-ethyl adjacent to an activating group) is 1. The minimum atomic E-state index is -0.296. The fourth-order valence-corrected chi connectivity index (χ4v) is 3.94. The summed E-state index contributed by atoms with van der Waals surface area (Å²) in [6.45, 7) is 4.92. The van der Waals surface area contributed by atoms with Crippen molar-refractivity contribution >= 4 is 5.91 Å². The third-order valence-electron chi connectivity index (χ3n) is 5.74. The highest BCUT2D eigenvalue weighted by Crippen LogP contribution is 2.30. The van der Waals surface area contributed by atoms with Crippen LogP contribution in [0, 0.1) is 5.92 Å². The second-order valence-electron chi connectivity index (χ2n) is 7.31. The topological polar surface area (TPSA) is 49.3 Å². The fourth-order valence-electron chi connectivity index (χ4n) is 3.94. The summed E-state index contributed by atoms with van der Waals surface area (Å²) in [4.78, 5) is 17.4. The molecule has 5 heteroatoms. The maximum absolute atomic E-state index is 13.0. The molecule has 1 atom stereocenters. The van der Waals surface area contributed by atoms with Crippen molar-refractivity contribution < 1.29 is 4.79 Å². The van der Waals surface area contributed by atoms with Crippen LogP contribution in [0.2, 0.25) is 0 Å². The first kappa shape index (κ1) is 16.4. The molecule has 0 aromatic carbocycles. The second-order valence-corrected chi connectivity index (χ2v) is 7.31. The van der Waals surface area contributed by atoms with Crippen molar-refractivity contribution in [2.75, 3.05) is 26.7 Å². The van der Waals surface area contributed by atoms with Gasteiger partial charge in [0.2, 0.25) is 5.91 Å². The van der Waals surface area contributed by atoms with Gasteiger partial charge in [-0.05, 0) is 77.1 Å². The second kappa shape index (κ2) is 6.95. The Labute approximate surface area is 139 Å². The molecule has 1 aromatic rings. The number of aromatic nitrogens is 2. The molecule has 2 fully saturated rings. The van der Waals surface area contributed by atoms with Gasteiger partial charge in [0, 0.05) is 19.3 Å². The highest BCUT2D eigenvalue weighted by Gasteiger charge is 2.42. The predicted molar refractivity (Wildman–Crippen MR) is 89.9 cm³/mol. The minimum Gasteiger partial charge on any atom is -0.341 e. The van der Waals surface area contributed by atoms with Gasteiger partial charge in [0.15, 0.2) is 0 Å². The van der Waals surface area contributed by atoms with E-state index in [2.05, 4.69) is 34.0 Å². The average molecular weight is 316 g/mol. The third-order valence-corrected chi connectivity index (χ3v) is 5.74. The molecule has 0 spiro atoms. The highest BCUT2D eigenvalue weighted by molar-refractivity contribution is 5.86. The maximum atomic E-state index is 13.0. The van der Waals surface area contributed by atoms with Crippen LogP contribution in [-0.2, 0) is 11.2 Å². The highest BCUT2D eigenvalue weighted by atomic mass is 16.2. The van der Waals surface area contributed by atoms with Crippen molar-refractivity contribution in [1.82, 2.24) is 20.0 Å². The Balaban J connectivity index is 1.55. The molecular formula is C18H28N4O. The lowest BCUT2D eigenvalue weighted by Gasteiger charge is -2.45. The molecule has 3 rings (SSSR count). The molecule has 2 saturated heterocycles. The van der Waals surface area contributed by atoms with Gasteiger partial charge in [0.1, 0.15) is 0 Å². The van der Waals surface area contributed by atoms with E-state index in [-0.39, 0.29) is 5.54 Å². The number of rotatable bonds is 3. The molecule has 23 heavy (non-hydrogen) atoms. The van der Waals surface area contributed by atoms with Crippen LogP contribution in [0.1, 0.15) is 44.7 Å². The Morgan fingerprint density at radius 2 is 2.09 bits per heavy atom. The zero-order chi connectivity index (χ0) is 16.3. The molecule has 0 bridgehead atoms. The number of likely N-dealkylation sites (tertiary alicyclic amines) is 2. The van der Waals surface area contributed by atoms with Gasteiger partial charge >= 0.3 is 0 Å². The largest absolute Gasteiger partial charge is 0.341 e. The van der Waals surface area contributed by atoms with E-state index in [1.54, 1.807) is 6.20 Å². The lowest BCUT2D eigenvalue weighted by Crippen LogP contribution is -2.59. The summed E-state index contributed by atoms with van der Waals surface area (Å²) in [5.74, 6) is 0.949. The number of hydrogen-bond acceptors (Lipinski definition) is 4. The van der Waals surface area contributed by atoms with Crippen LogP contribution >= 0.6 is 0 Å². The first-order valence-electron chi connectivity index (χ1n) is 8.87. The van der Waals surface area contributed by atoms with Crippen LogP contribution in [-0.4, -0.2) is 58.1 Å². The maximum Gasteiger partial charge on any atom is 0.242 e. The fraction of sp³-hybridized carbons (Fsp3) is 0.722. The van der Waals surface area contributed by atoms with Crippen LogP contribution in [0.25, 0.3) is 0 Å². The SMILES string of the molecule is CN1CCCCC1(C)C(=O)N1CCC(Cc2cccnn2)CC1. The summed E-state index contributed by atoms with van der Waals surface area (Å²) in [7, 11) is 2.10. The quantitative estimate of drug-likeness (QED) is 0.857. The van der Waals surface area contributed by atoms with Gasteiger partial charge in [-0.3, -0.25) is 9.69 Å². The standard InChI is InChI=1S/C18H28N4O/c1-18(9-3-4-11-21(18)2)17(23)22-12-7-15(8-13-22)14-16-6-5-10-19-20-16/h5-6,10,15H,3-4,7-9,11-14H2,1-2H3. The summed E-state index contributed by atoms with van der Waals surface area (Å²) in [6.07, 6.45) is 8.19. The van der Waals surface area contributed by atoms with E-state index >= 15 is 0 Å². The molecule has 0 saturated carbocycles. The molecule has 2 aliphatic rings. The minimum absolute atomic E-state index is 0.296. The van der Waals surface area contributed by atoms with Crippen LogP contribution < -0.4 is 0 Å². The lowest BCUT2D eigenvalue weighted by molar-refractivity contribution is -0.146. The van der Waals surface area contributed by atoms with E-state index in [0.29, 0.717) is 11.8 Å². The monoisotopic (exact) mass is 316 g/mol. The molecule has 3 heterocycles. The van der Waals surface area contributed by atoms with Gasteiger partial charge in [0.05, 0.1) is 11.2 Å². The van der Waals surface area contributed by atoms with Crippen molar-refractivity contribution in [3.8, 4) is 0 Å². The van der Waals surface area contributed by atoms with E-state index in [9.17, 15) is 4.79 Å². The van der Waals surface area contributed by atoms with Gasteiger partial charge in [-0.1, -0.05) is 0 Å². The van der Waals surface area contributed by atoms with Crippen LogP contribution in [0.5, 0.6) is 0 Å². The van der Waals surface area contributed by atoms with Crippen molar-refractivity contribution in [2.24, 2.45) is 5.92 Å². The molecule has 1 unspecified atom stereocenters. The van der Waals surface area contributed by atoms with E-state index in [4.69, 9.17) is 0 Å². The smallest absolute Gasteiger partial charge is 0.242 e. The lowest BCUT2D eigenvalue weighted by atomic mass is 9.85. The number of carbonyl (C=O) groups excluding carboxylic acids is 1. The zero-order valence-electron chi connectivity index (χ0n) is 14.4. The number of piperidine rings is 2. The summed E-state index contributed by atoms with van der Waals surface area (Å²) >= 11 is 0. The van der Waals surface area contributed by atoms with Gasteiger partial charge in [-0.25, -0.2) is 0 Å². The number of nitrogens with zero attached hydrogens (tertiary/aromatic N) is 4. The van der Waals surface area contributed by atoms with E-state index in [0.717, 1.165) is 57.4 Å². The molecule has 0 N–H and O–H groups in total. The molecule has 2 aliphatic heterocycles. The van der Waals surface area contributed by atoms with Crippen molar-refractivity contribution in [1.29, 1.82) is 0 Å². The molecule has 0 radical (unpaired) electrons. The van der Waals surface area contributed by atoms with Gasteiger partial charge < -0.3 is 4.90 Å². The number of hydrogen-bond donors (Lipinski definition) is 0. The number of amides is 1. The van der Waals surface area contributed by atoms with Crippen molar-refractivity contribution in [3.05, 3.63) is 24.0 Å². The molecule has 1 amide bonds. The normalized spacial score (nSPS) is 27.1. The first-order chi connectivity index (χ1) is 11.1. The Morgan fingerprint density at radius 1 is 1.30 bits per heavy atom. The predicted octanol–water partition coefficient (Wildman–Crippen LogP) is 2.13. The Bertz CT molecular complexity index is 527. The van der Waals surface area contributed by atoms with E-state index < -0.39 is 0 Å². The Morgan fingerprint density at radius 3 is 2.74 bits per heavy atom. The van der Waals surface area contributed by atoms with E-state index in [1.165, 1.54) is 6.42 Å². The van der Waals surface area contributed by atoms with E-state index in [1.807, 2.05) is 12.1 Å². The van der Waals surface area contributed by atoms with Crippen molar-refractivity contribution in [2.45, 2.75) is 51.0 Å². The van der Waals surface area contributed by atoms with Gasteiger partial charge in [-0.15, -0.1) is 0 Å².